The predicted octanol–water partition coefficient (Wildman–Crippen LogP) is 3.07. The largest absolute Gasteiger partial charge is 0.425 e. The minimum absolute atomic E-state index is 0.0121. The summed E-state index contributed by atoms with van der Waals surface area (Å²) in [6.07, 6.45) is -0.735. The van der Waals surface area contributed by atoms with E-state index in [1.165, 1.54) is 18.7 Å². The van der Waals surface area contributed by atoms with E-state index in [9.17, 15) is 14.4 Å². The lowest BCUT2D eigenvalue weighted by molar-refractivity contribution is -0.139. The molecule has 2 aromatic rings. The van der Waals surface area contributed by atoms with Gasteiger partial charge in [0.05, 0.1) is 5.56 Å². The number of rotatable bonds is 7. The Kier molecular flexibility index (Phi) is 8.82. The zero-order chi connectivity index (χ0) is 29.2. The summed E-state index contributed by atoms with van der Waals surface area (Å²) in [7, 11) is 3.58. The summed E-state index contributed by atoms with van der Waals surface area (Å²) in [6.45, 7) is 13.0. The van der Waals surface area contributed by atoms with E-state index < -0.39 is 17.6 Å². The van der Waals surface area contributed by atoms with E-state index in [1.54, 1.807) is 24.8 Å². The molecule has 2 heterocycles. The van der Waals surface area contributed by atoms with Crippen LogP contribution < -0.4 is 20.5 Å². The number of carbonyl (C=O) groups excluding carboxylic acids is 3. The van der Waals surface area contributed by atoms with Crippen LogP contribution in [0.2, 0.25) is 0 Å². The molecule has 0 saturated carbocycles. The number of piperazine rings is 1. The predicted molar refractivity (Wildman–Crippen MR) is 152 cm³/mol. The third-order valence-corrected chi connectivity index (χ3v) is 7.38. The second-order valence-electron chi connectivity index (χ2n) is 11.6. The van der Waals surface area contributed by atoms with Crippen LogP contribution in [-0.2, 0) is 24.4 Å². The second kappa shape index (κ2) is 12.0. The maximum Gasteiger partial charge on any atom is 0.412 e. The van der Waals surface area contributed by atoms with Crippen LogP contribution in [0.25, 0.3) is 0 Å². The van der Waals surface area contributed by atoms with Crippen LogP contribution in [0.15, 0.2) is 30.3 Å². The number of fused-ring (bicyclic) bond motifs is 1. The van der Waals surface area contributed by atoms with Crippen molar-refractivity contribution in [2.24, 2.45) is 5.73 Å². The second-order valence-corrected chi connectivity index (χ2v) is 11.6. The van der Waals surface area contributed by atoms with Gasteiger partial charge < -0.3 is 30.3 Å². The molecule has 216 valence electrons. The minimum atomic E-state index is -1.23. The van der Waals surface area contributed by atoms with E-state index in [2.05, 4.69) is 40.4 Å². The topological polar surface area (TPSA) is 117 Å². The summed E-state index contributed by atoms with van der Waals surface area (Å²) >= 11 is 0. The fourth-order valence-electron chi connectivity index (χ4n) is 4.88. The van der Waals surface area contributed by atoms with Crippen molar-refractivity contribution in [2.75, 3.05) is 40.3 Å². The Bertz CT molecular complexity index is 1280. The summed E-state index contributed by atoms with van der Waals surface area (Å²) in [6, 6.07) is 9.52. The van der Waals surface area contributed by atoms with E-state index in [-0.39, 0.29) is 28.9 Å². The number of benzene rings is 2. The minimum Gasteiger partial charge on any atom is -0.425 e. The molecular weight excluding hydrogens is 510 g/mol. The maximum absolute atomic E-state index is 13.9. The standard InChI is InChI=1S/C30H41N5O5/c1-19(2)23-14-24(26(40-29(38)32-5)15-25(23)39-28(37)30(3,4)31)27(36)35-17-21-8-7-20(13-22(21)18-35)16-34-11-9-33(6)10-12-34/h7-8,13-15,19H,9-12,16-18,31H2,1-6H3,(H,32,38). The lowest BCUT2D eigenvalue weighted by Gasteiger charge is -2.32. The van der Waals surface area contributed by atoms with Crippen LogP contribution in [0.1, 0.15) is 66.2 Å². The van der Waals surface area contributed by atoms with E-state index in [4.69, 9.17) is 15.2 Å². The highest BCUT2D eigenvalue weighted by atomic mass is 16.6. The summed E-state index contributed by atoms with van der Waals surface area (Å²) in [5.74, 6) is -0.779. The van der Waals surface area contributed by atoms with Gasteiger partial charge >= 0.3 is 12.1 Å². The number of hydrogen-bond donors (Lipinski definition) is 2. The van der Waals surface area contributed by atoms with Gasteiger partial charge in [0.1, 0.15) is 17.0 Å². The van der Waals surface area contributed by atoms with Crippen molar-refractivity contribution in [3.63, 3.8) is 0 Å². The van der Waals surface area contributed by atoms with Crippen LogP contribution in [0.5, 0.6) is 11.5 Å². The van der Waals surface area contributed by atoms with Crippen molar-refractivity contribution in [3.05, 3.63) is 58.1 Å². The average Bonchev–Trinajstić information content (AvgIpc) is 3.32. The number of ether oxygens (including phenoxy) is 2. The molecule has 2 aromatic carbocycles. The molecule has 0 radical (unpaired) electrons. The molecule has 0 bridgehead atoms. The molecule has 1 fully saturated rings. The van der Waals surface area contributed by atoms with Gasteiger partial charge in [-0.1, -0.05) is 32.0 Å². The van der Waals surface area contributed by atoms with Crippen LogP contribution in [-0.4, -0.2) is 78.5 Å². The van der Waals surface area contributed by atoms with Gasteiger partial charge in [0, 0.05) is 58.9 Å². The number of amides is 2. The fourth-order valence-corrected chi connectivity index (χ4v) is 4.88. The maximum atomic E-state index is 13.9. The number of carbonyl (C=O) groups is 3. The van der Waals surface area contributed by atoms with Crippen molar-refractivity contribution in [2.45, 2.75) is 58.8 Å². The number of likely N-dealkylation sites (N-methyl/N-ethyl adjacent to an activating group) is 1. The zero-order valence-corrected chi connectivity index (χ0v) is 24.4. The third kappa shape index (κ3) is 6.80. The highest BCUT2D eigenvalue weighted by molar-refractivity contribution is 5.98. The van der Waals surface area contributed by atoms with Gasteiger partial charge in [0.15, 0.2) is 0 Å². The number of nitrogens with one attached hydrogen (secondary N) is 1. The lowest BCUT2D eigenvalue weighted by atomic mass is 9.98. The first-order valence-corrected chi connectivity index (χ1v) is 13.7. The molecule has 10 nitrogen and oxygen atoms in total. The van der Waals surface area contributed by atoms with Crippen molar-refractivity contribution < 1.29 is 23.9 Å². The van der Waals surface area contributed by atoms with Crippen molar-refractivity contribution >= 4 is 18.0 Å². The van der Waals surface area contributed by atoms with Crippen molar-refractivity contribution in [1.82, 2.24) is 20.0 Å². The average molecular weight is 552 g/mol. The van der Waals surface area contributed by atoms with Gasteiger partial charge in [-0.25, -0.2) is 9.59 Å². The zero-order valence-electron chi connectivity index (χ0n) is 24.4. The van der Waals surface area contributed by atoms with Gasteiger partial charge in [-0.15, -0.1) is 0 Å². The van der Waals surface area contributed by atoms with E-state index in [0.29, 0.717) is 18.7 Å². The monoisotopic (exact) mass is 551 g/mol. The molecule has 4 rings (SSSR count). The molecule has 0 aliphatic carbocycles. The Labute approximate surface area is 236 Å². The normalized spacial score (nSPS) is 16.1. The first-order chi connectivity index (χ1) is 18.8. The molecule has 3 N–H and O–H groups in total. The van der Waals surface area contributed by atoms with Crippen LogP contribution in [0.3, 0.4) is 0 Å². The molecular formula is C30H41N5O5. The summed E-state index contributed by atoms with van der Waals surface area (Å²) in [5, 5.41) is 2.41. The molecule has 0 unspecified atom stereocenters. The molecule has 1 saturated heterocycles. The molecule has 2 aliphatic heterocycles. The summed E-state index contributed by atoms with van der Waals surface area (Å²) in [4.78, 5) is 45.2. The highest BCUT2D eigenvalue weighted by Crippen LogP contribution is 2.36. The van der Waals surface area contributed by atoms with E-state index >= 15 is 0 Å². The number of hydrogen-bond acceptors (Lipinski definition) is 8. The Balaban J connectivity index is 1.59. The molecule has 10 heteroatoms. The summed E-state index contributed by atoms with van der Waals surface area (Å²) in [5.41, 5.74) is 9.02. The Morgan fingerprint density at radius 3 is 2.27 bits per heavy atom. The molecule has 40 heavy (non-hydrogen) atoms. The van der Waals surface area contributed by atoms with Crippen LogP contribution >= 0.6 is 0 Å². The molecule has 0 spiro atoms. The molecule has 2 amide bonds. The highest BCUT2D eigenvalue weighted by Gasteiger charge is 2.31. The lowest BCUT2D eigenvalue weighted by Crippen LogP contribution is -2.44. The Morgan fingerprint density at radius 2 is 1.65 bits per heavy atom. The fraction of sp³-hybridized carbons (Fsp3) is 0.500. The number of nitrogens with two attached hydrogens (primary N) is 1. The van der Waals surface area contributed by atoms with Crippen LogP contribution in [0.4, 0.5) is 4.79 Å². The summed E-state index contributed by atoms with van der Waals surface area (Å²) < 4.78 is 11.1. The Hall–Kier alpha value is -3.47. The number of nitrogens with zero attached hydrogens (tertiary/aromatic N) is 3. The van der Waals surface area contributed by atoms with E-state index in [1.807, 2.05) is 13.8 Å². The van der Waals surface area contributed by atoms with Gasteiger partial charge in [-0.3, -0.25) is 9.69 Å². The SMILES string of the molecule is CNC(=O)Oc1cc(OC(=O)C(C)(C)N)c(C(C)C)cc1C(=O)N1Cc2ccc(CN3CCN(C)CC3)cc2C1. The van der Waals surface area contributed by atoms with Gasteiger partial charge in [-0.2, -0.15) is 0 Å². The first kappa shape index (κ1) is 29.5. The molecule has 0 aromatic heterocycles. The number of esters is 1. The molecule has 0 atom stereocenters. The van der Waals surface area contributed by atoms with Gasteiger partial charge in [0.2, 0.25) is 0 Å². The van der Waals surface area contributed by atoms with Crippen molar-refractivity contribution in [1.29, 1.82) is 0 Å². The quantitative estimate of drug-likeness (QED) is 0.398. The molecule has 2 aliphatic rings. The van der Waals surface area contributed by atoms with Gasteiger partial charge in [-0.05, 0) is 55.1 Å². The van der Waals surface area contributed by atoms with E-state index in [0.717, 1.165) is 43.9 Å². The first-order valence-electron chi connectivity index (χ1n) is 13.7. The Morgan fingerprint density at radius 1 is 0.975 bits per heavy atom. The van der Waals surface area contributed by atoms with Gasteiger partial charge in [0.25, 0.3) is 5.91 Å². The third-order valence-electron chi connectivity index (χ3n) is 7.38. The smallest absolute Gasteiger partial charge is 0.412 e. The van der Waals surface area contributed by atoms with Crippen molar-refractivity contribution in [3.8, 4) is 11.5 Å². The van der Waals surface area contributed by atoms with Crippen LogP contribution in [0, 0.1) is 0 Å².